The number of hydrogen-bond donors (Lipinski definition) is 3. The number of nitrogens with zero attached hydrogens (tertiary/aromatic N) is 8. The number of imidazole rings is 1. The van der Waals surface area contributed by atoms with E-state index >= 15 is 13.2 Å². The normalized spacial score (nSPS) is 22.8. The van der Waals surface area contributed by atoms with Gasteiger partial charge in [0.1, 0.15) is 17.9 Å². The van der Waals surface area contributed by atoms with E-state index in [2.05, 4.69) is 15.6 Å². The number of carbonyl (C=O) groups is 3. The number of fused-ring (bicyclic) bond motifs is 2. The zero-order valence-corrected chi connectivity index (χ0v) is 36.0. The van der Waals surface area contributed by atoms with Gasteiger partial charge in [-0.2, -0.15) is 10.4 Å². The van der Waals surface area contributed by atoms with Gasteiger partial charge in [0.2, 0.25) is 11.8 Å². The summed E-state index contributed by atoms with van der Waals surface area (Å²) in [5, 5.41) is 31.1. The number of carbonyl (C=O) groups excluding carboxylic acids is 3. The molecule has 0 radical (unpaired) electrons. The predicted molar refractivity (Wildman–Crippen MR) is 231 cm³/mol. The maximum absolute atomic E-state index is 16.4. The van der Waals surface area contributed by atoms with Crippen LogP contribution in [0, 0.1) is 28.5 Å². The van der Waals surface area contributed by atoms with Crippen LogP contribution >= 0.6 is 0 Å². The Hall–Kier alpha value is -6.06. The Kier molecular flexibility index (Phi) is 10.9. The third-order valence-electron chi connectivity index (χ3n) is 14.2. The van der Waals surface area contributed by atoms with Gasteiger partial charge in [0, 0.05) is 73.7 Å². The molecule has 9 rings (SSSR count). The molecule has 336 valence electrons. The van der Waals surface area contributed by atoms with Gasteiger partial charge in [-0.15, -0.1) is 0 Å². The number of nitrogens with one attached hydrogen (secondary N) is 2. The summed E-state index contributed by atoms with van der Waals surface area (Å²) in [6, 6.07) is 8.86. The summed E-state index contributed by atoms with van der Waals surface area (Å²) in [4.78, 5) is 58.8. The van der Waals surface area contributed by atoms with E-state index in [1.807, 2.05) is 21.8 Å². The highest BCUT2D eigenvalue weighted by molar-refractivity contribution is 6.06. The number of nitriles is 1. The van der Waals surface area contributed by atoms with E-state index in [0.29, 0.717) is 41.8 Å². The number of aromatic nitrogens is 5. The summed E-state index contributed by atoms with van der Waals surface area (Å²) in [6.07, 6.45) is 8.86. The molecular weight excluding hydrogens is 830 g/mol. The summed E-state index contributed by atoms with van der Waals surface area (Å²) in [7, 11) is 1.51. The molecule has 6 heterocycles. The van der Waals surface area contributed by atoms with Crippen LogP contribution in [0.2, 0.25) is 0 Å². The minimum atomic E-state index is -2.96. The molecule has 1 unspecified atom stereocenters. The first-order valence-corrected chi connectivity index (χ1v) is 22.0. The molecule has 5 aromatic rings. The maximum atomic E-state index is 16.4. The number of alkyl halides is 2. The molecule has 3 aliphatic heterocycles. The van der Waals surface area contributed by atoms with Gasteiger partial charge < -0.3 is 15.3 Å². The molecule has 1 atom stereocenters. The van der Waals surface area contributed by atoms with Gasteiger partial charge in [0.25, 0.3) is 11.8 Å². The van der Waals surface area contributed by atoms with Crippen LogP contribution in [0.15, 0.2) is 53.7 Å². The first kappa shape index (κ1) is 43.2. The van der Waals surface area contributed by atoms with Crippen molar-refractivity contribution in [1.29, 1.82) is 5.26 Å². The lowest BCUT2D eigenvalue weighted by Gasteiger charge is -2.52. The molecule has 64 heavy (non-hydrogen) atoms. The maximum Gasteiger partial charge on any atom is 0.329 e. The van der Waals surface area contributed by atoms with Gasteiger partial charge in [-0.1, -0.05) is 0 Å². The Morgan fingerprint density at radius 3 is 2.45 bits per heavy atom. The summed E-state index contributed by atoms with van der Waals surface area (Å²) in [5.74, 6) is -4.77. The van der Waals surface area contributed by atoms with Crippen LogP contribution in [0.4, 0.5) is 24.5 Å². The lowest BCUT2D eigenvalue weighted by atomic mass is 9.68. The van der Waals surface area contributed by atoms with E-state index in [9.17, 15) is 29.5 Å². The quantitative estimate of drug-likeness (QED) is 0.159. The van der Waals surface area contributed by atoms with E-state index in [4.69, 9.17) is 5.10 Å². The van der Waals surface area contributed by atoms with Crippen molar-refractivity contribution >= 4 is 51.0 Å². The third kappa shape index (κ3) is 7.71. The third-order valence-corrected chi connectivity index (χ3v) is 14.2. The van der Waals surface area contributed by atoms with Crippen LogP contribution in [0.25, 0.3) is 21.9 Å². The van der Waals surface area contributed by atoms with E-state index < -0.39 is 52.2 Å². The van der Waals surface area contributed by atoms with Crippen LogP contribution in [0.1, 0.15) is 105 Å². The van der Waals surface area contributed by atoms with Gasteiger partial charge in [0.05, 0.1) is 51.6 Å². The fourth-order valence-electron chi connectivity index (χ4n) is 10.6. The molecule has 4 aliphatic rings. The van der Waals surface area contributed by atoms with Crippen LogP contribution in [0.5, 0.6) is 0 Å². The fraction of sp³-hybridized carbons (Fsp3) is 0.500. The van der Waals surface area contributed by atoms with E-state index in [1.54, 1.807) is 30.9 Å². The van der Waals surface area contributed by atoms with E-state index in [-0.39, 0.29) is 79.6 Å². The second kappa shape index (κ2) is 16.2. The fourth-order valence-corrected chi connectivity index (χ4v) is 10.6. The summed E-state index contributed by atoms with van der Waals surface area (Å²) in [5.41, 5.74) is -0.240. The molecule has 4 fully saturated rings. The predicted octanol–water partition coefficient (Wildman–Crippen LogP) is 5.91. The highest BCUT2D eigenvalue weighted by Crippen LogP contribution is 2.52. The van der Waals surface area contributed by atoms with Gasteiger partial charge in [-0.3, -0.25) is 43.4 Å². The Labute approximate surface area is 366 Å². The first-order chi connectivity index (χ1) is 30.4. The van der Waals surface area contributed by atoms with Crippen molar-refractivity contribution in [3.05, 3.63) is 81.9 Å². The average molecular weight is 881 g/mol. The van der Waals surface area contributed by atoms with Crippen molar-refractivity contribution in [3.8, 4) is 6.07 Å². The number of halogens is 3. The van der Waals surface area contributed by atoms with Gasteiger partial charge in [0.15, 0.2) is 0 Å². The van der Waals surface area contributed by atoms with Crippen LogP contribution in [-0.2, 0) is 22.2 Å². The molecule has 0 bridgehead atoms. The molecule has 1 saturated carbocycles. The SMILES string of the molecule is Cn1c(=O)n(C2CCC(=O)NC2=O)c2ccc(F)c(N3CCC4(CCN(CC5CCC(n6cc7cc(NC(=O)c8cncc(C#N)c8)c(C(C)(C)O)cc7n6)CC5)CC4(F)F)CC3)c21. The molecular formula is C46H51F3N10O5. The second-order valence-electron chi connectivity index (χ2n) is 18.7. The van der Waals surface area contributed by atoms with Crippen molar-refractivity contribution in [2.24, 2.45) is 18.4 Å². The highest BCUT2D eigenvalue weighted by Gasteiger charge is 2.57. The average Bonchev–Trinajstić information content (AvgIpc) is 3.79. The molecule has 18 heteroatoms. The first-order valence-electron chi connectivity index (χ1n) is 22.0. The zero-order chi connectivity index (χ0) is 45.3. The molecule has 3 aromatic heterocycles. The van der Waals surface area contributed by atoms with Crippen molar-refractivity contribution in [1.82, 2.24) is 34.1 Å². The molecule has 1 aliphatic carbocycles. The molecule has 3 N–H and O–H groups in total. The Morgan fingerprint density at radius 1 is 1.03 bits per heavy atom. The number of amides is 3. The summed E-state index contributed by atoms with van der Waals surface area (Å²) < 4.78 is 53.0. The lowest BCUT2D eigenvalue weighted by molar-refractivity contribution is -0.179. The topological polar surface area (TPSA) is 183 Å². The number of pyridine rings is 1. The van der Waals surface area contributed by atoms with Crippen molar-refractivity contribution in [2.75, 3.05) is 42.9 Å². The van der Waals surface area contributed by atoms with Crippen molar-refractivity contribution in [2.45, 2.75) is 95.2 Å². The lowest BCUT2D eigenvalue weighted by Crippen LogP contribution is -2.59. The number of likely N-dealkylation sites (tertiary alicyclic amines) is 1. The van der Waals surface area contributed by atoms with Crippen molar-refractivity contribution in [3.63, 3.8) is 0 Å². The number of piperidine rings is 3. The standard InChI is InChI=1S/C46H51F3N10O5/c1-44(2,64)32-20-34-30(19-35(32)52-41(61)29-18-28(21-50)22-51-23-29)25-58(54-34)31-6-4-27(5-7-31)24-56-15-12-45(46(48,49)26-56)13-16-57(17-14-45)39-33(47)8-9-36-40(39)55(3)43(63)59(36)37-10-11-38(60)53-42(37)62/h8-9,18-20,22-23,25,27,31,37,64H,4-7,10-17,24,26H2,1-3H3,(H,52,61)(H,53,60,62). The van der Waals surface area contributed by atoms with E-state index in [1.165, 1.54) is 46.8 Å². The number of anilines is 2. The van der Waals surface area contributed by atoms with Crippen LogP contribution < -0.4 is 21.2 Å². The van der Waals surface area contributed by atoms with Gasteiger partial charge in [-0.05, 0) is 108 Å². The number of aryl methyl sites for hydroxylation is 1. The largest absolute Gasteiger partial charge is 0.386 e. The molecule has 15 nitrogen and oxygen atoms in total. The number of aliphatic hydroxyl groups is 1. The number of hydrogen-bond acceptors (Lipinski definition) is 10. The van der Waals surface area contributed by atoms with Crippen molar-refractivity contribution < 1.29 is 32.7 Å². The van der Waals surface area contributed by atoms with Crippen LogP contribution in [0.3, 0.4) is 0 Å². The summed E-state index contributed by atoms with van der Waals surface area (Å²) in [6.45, 7) is 4.39. The second-order valence-corrected chi connectivity index (χ2v) is 18.7. The molecule has 1 spiro atoms. The van der Waals surface area contributed by atoms with E-state index in [0.717, 1.165) is 31.1 Å². The monoisotopic (exact) mass is 880 g/mol. The highest BCUT2D eigenvalue weighted by atomic mass is 19.3. The molecule has 2 aromatic carbocycles. The number of benzene rings is 2. The van der Waals surface area contributed by atoms with Gasteiger partial charge in [-0.25, -0.2) is 18.0 Å². The minimum absolute atomic E-state index is 0.0695. The van der Waals surface area contributed by atoms with Gasteiger partial charge >= 0.3 is 5.69 Å². The summed E-state index contributed by atoms with van der Waals surface area (Å²) >= 11 is 0. The Balaban J connectivity index is 0.827. The zero-order valence-electron chi connectivity index (χ0n) is 36.0. The smallest absolute Gasteiger partial charge is 0.329 e. The number of rotatable bonds is 8. The molecule has 3 amide bonds. The number of imide groups is 1. The Bertz CT molecular complexity index is 2790. The Morgan fingerprint density at radius 2 is 1.77 bits per heavy atom. The molecule has 3 saturated heterocycles. The van der Waals surface area contributed by atoms with Crippen LogP contribution in [-0.4, -0.2) is 90.3 Å². The minimum Gasteiger partial charge on any atom is -0.386 e.